The maximum Gasteiger partial charge on any atom is 0.302 e. The number of esters is 1. The van der Waals surface area contributed by atoms with Gasteiger partial charge in [-0.1, -0.05) is 78.9 Å². The average molecular weight is 615 g/mol. The standard InChI is InChI=1S/C36H46N4O5/c1-26(41)45-22-12-21-38-34(43)31(24-27-13-7-6-8-14-27)40(5)35(44)32(39(4)33(42)17-11-20-36(2,3)37)25-28-18-19-29-15-9-10-16-30(29)23-28/h6-11,13-19,23,31-32H,12,20-22,24-25,37H2,1-5H3,(H,38,43)/b17-11+/t31?,32-/m1/s1. The number of nitrogens with zero attached hydrogens (tertiary/aromatic N) is 2. The SMILES string of the molecule is CC(=O)OCCCNC(=O)C(Cc1ccccc1)N(C)C(=O)[C@@H](Cc1ccc2ccccc2c1)N(C)C(=O)/C=C/CC(C)(C)N. The van der Waals surface area contributed by atoms with Crippen molar-refractivity contribution < 1.29 is 23.9 Å². The fourth-order valence-electron chi connectivity index (χ4n) is 4.96. The second-order valence-electron chi connectivity index (χ2n) is 12.1. The highest BCUT2D eigenvalue weighted by molar-refractivity contribution is 5.95. The van der Waals surface area contributed by atoms with Crippen LogP contribution in [0.5, 0.6) is 0 Å². The summed E-state index contributed by atoms with van der Waals surface area (Å²) in [4.78, 5) is 55.2. The van der Waals surface area contributed by atoms with Crippen LogP contribution in [-0.2, 0) is 36.8 Å². The van der Waals surface area contributed by atoms with Gasteiger partial charge < -0.3 is 25.6 Å². The van der Waals surface area contributed by atoms with Gasteiger partial charge in [-0.25, -0.2) is 0 Å². The summed E-state index contributed by atoms with van der Waals surface area (Å²) < 4.78 is 4.97. The van der Waals surface area contributed by atoms with Gasteiger partial charge in [0.25, 0.3) is 0 Å². The molecular weight excluding hydrogens is 568 g/mol. The molecule has 0 saturated carbocycles. The molecule has 0 aliphatic rings. The van der Waals surface area contributed by atoms with Crippen LogP contribution >= 0.6 is 0 Å². The van der Waals surface area contributed by atoms with E-state index in [1.165, 1.54) is 22.8 Å². The van der Waals surface area contributed by atoms with E-state index < -0.39 is 17.6 Å². The summed E-state index contributed by atoms with van der Waals surface area (Å²) in [5.41, 5.74) is 7.39. The molecule has 9 nitrogen and oxygen atoms in total. The van der Waals surface area contributed by atoms with Crippen LogP contribution in [0.25, 0.3) is 10.8 Å². The molecule has 0 spiro atoms. The highest BCUT2D eigenvalue weighted by Crippen LogP contribution is 2.20. The van der Waals surface area contributed by atoms with E-state index in [0.29, 0.717) is 12.8 Å². The minimum absolute atomic E-state index is 0.184. The number of nitrogens with two attached hydrogens (primary N) is 1. The van der Waals surface area contributed by atoms with Crippen molar-refractivity contribution in [1.29, 1.82) is 0 Å². The minimum atomic E-state index is -0.880. The molecule has 0 aromatic heterocycles. The Balaban J connectivity index is 1.90. The fourth-order valence-corrected chi connectivity index (χ4v) is 4.96. The molecule has 0 saturated heterocycles. The Morgan fingerprint density at radius 2 is 1.51 bits per heavy atom. The topological polar surface area (TPSA) is 122 Å². The van der Waals surface area contributed by atoms with Crippen molar-refractivity contribution in [2.45, 2.75) is 64.1 Å². The van der Waals surface area contributed by atoms with Gasteiger partial charge in [-0.2, -0.15) is 0 Å². The molecule has 3 rings (SSSR count). The molecule has 0 bridgehead atoms. The smallest absolute Gasteiger partial charge is 0.302 e. The van der Waals surface area contributed by atoms with Crippen LogP contribution in [0.15, 0.2) is 84.9 Å². The molecule has 0 heterocycles. The van der Waals surface area contributed by atoms with E-state index in [0.717, 1.165) is 21.9 Å². The number of amides is 3. The molecule has 0 radical (unpaired) electrons. The second kappa shape index (κ2) is 16.5. The third-order valence-corrected chi connectivity index (χ3v) is 7.56. The van der Waals surface area contributed by atoms with Crippen molar-refractivity contribution in [2.24, 2.45) is 5.73 Å². The summed E-state index contributed by atoms with van der Waals surface area (Å²) in [6, 6.07) is 21.7. The monoisotopic (exact) mass is 614 g/mol. The zero-order chi connectivity index (χ0) is 33.0. The van der Waals surface area contributed by atoms with E-state index in [4.69, 9.17) is 10.5 Å². The summed E-state index contributed by atoms with van der Waals surface area (Å²) in [5.74, 6) is -1.41. The van der Waals surface area contributed by atoms with Crippen molar-refractivity contribution in [2.75, 3.05) is 27.2 Å². The van der Waals surface area contributed by atoms with Gasteiger partial charge in [0, 0.05) is 45.9 Å². The van der Waals surface area contributed by atoms with Gasteiger partial charge in [0.2, 0.25) is 17.7 Å². The van der Waals surface area contributed by atoms with E-state index >= 15 is 0 Å². The lowest BCUT2D eigenvalue weighted by Crippen LogP contribution is -2.56. The van der Waals surface area contributed by atoms with Gasteiger partial charge in [0.1, 0.15) is 12.1 Å². The number of nitrogens with one attached hydrogen (secondary N) is 1. The van der Waals surface area contributed by atoms with Crippen LogP contribution in [0.3, 0.4) is 0 Å². The number of rotatable bonds is 15. The van der Waals surface area contributed by atoms with Crippen molar-refractivity contribution >= 4 is 34.5 Å². The van der Waals surface area contributed by atoms with Crippen LogP contribution in [0.2, 0.25) is 0 Å². The summed E-state index contributed by atoms with van der Waals surface area (Å²) in [6.07, 6.45) is 4.65. The van der Waals surface area contributed by atoms with Crippen molar-refractivity contribution in [3.8, 4) is 0 Å². The Kier molecular flexibility index (Phi) is 12.9. The lowest BCUT2D eigenvalue weighted by Gasteiger charge is -2.34. The van der Waals surface area contributed by atoms with Gasteiger partial charge in [-0.15, -0.1) is 0 Å². The van der Waals surface area contributed by atoms with Crippen LogP contribution in [0.1, 0.15) is 44.7 Å². The van der Waals surface area contributed by atoms with E-state index in [-0.39, 0.29) is 49.7 Å². The Morgan fingerprint density at radius 3 is 2.18 bits per heavy atom. The first kappa shape index (κ1) is 35.0. The zero-order valence-electron chi connectivity index (χ0n) is 27.0. The molecule has 3 N–H and O–H groups in total. The highest BCUT2D eigenvalue weighted by Gasteiger charge is 2.34. The number of carbonyl (C=O) groups is 4. The molecular formula is C36H46N4O5. The maximum absolute atomic E-state index is 14.3. The summed E-state index contributed by atoms with van der Waals surface area (Å²) in [5, 5.41) is 4.99. The van der Waals surface area contributed by atoms with E-state index in [1.807, 2.05) is 86.6 Å². The molecule has 240 valence electrons. The molecule has 0 fully saturated rings. The van der Waals surface area contributed by atoms with Crippen LogP contribution in [-0.4, -0.2) is 78.4 Å². The van der Waals surface area contributed by atoms with Gasteiger partial charge >= 0.3 is 5.97 Å². The van der Waals surface area contributed by atoms with Crippen LogP contribution < -0.4 is 11.1 Å². The van der Waals surface area contributed by atoms with Crippen molar-refractivity contribution in [1.82, 2.24) is 15.1 Å². The number of hydrogen-bond donors (Lipinski definition) is 2. The number of carbonyl (C=O) groups excluding carboxylic acids is 4. The van der Waals surface area contributed by atoms with E-state index in [2.05, 4.69) is 5.32 Å². The molecule has 3 amide bonds. The van der Waals surface area contributed by atoms with Gasteiger partial charge in [-0.05, 0) is 54.7 Å². The average Bonchev–Trinajstić information content (AvgIpc) is 3.00. The summed E-state index contributed by atoms with van der Waals surface area (Å²) >= 11 is 0. The maximum atomic E-state index is 14.3. The van der Waals surface area contributed by atoms with Crippen molar-refractivity contribution in [3.05, 3.63) is 96.1 Å². The Hall–Kier alpha value is -4.50. The third-order valence-electron chi connectivity index (χ3n) is 7.56. The van der Waals surface area contributed by atoms with E-state index in [9.17, 15) is 19.2 Å². The fraction of sp³-hybridized carbons (Fsp3) is 0.389. The molecule has 45 heavy (non-hydrogen) atoms. The van der Waals surface area contributed by atoms with Crippen molar-refractivity contribution in [3.63, 3.8) is 0 Å². The first-order chi connectivity index (χ1) is 21.4. The number of ether oxygens (including phenoxy) is 1. The Labute approximate surface area is 266 Å². The number of benzene rings is 3. The molecule has 3 aromatic rings. The third kappa shape index (κ3) is 11.2. The number of hydrogen-bond acceptors (Lipinski definition) is 6. The largest absolute Gasteiger partial charge is 0.466 e. The van der Waals surface area contributed by atoms with Crippen LogP contribution in [0.4, 0.5) is 0 Å². The van der Waals surface area contributed by atoms with E-state index in [1.54, 1.807) is 20.2 Å². The van der Waals surface area contributed by atoms with Crippen LogP contribution in [0, 0.1) is 0 Å². The molecule has 3 aromatic carbocycles. The second-order valence-corrected chi connectivity index (χ2v) is 12.1. The molecule has 9 heteroatoms. The summed E-state index contributed by atoms with van der Waals surface area (Å²) in [7, 11) is 3.21. The van der Waals surface area contributed by atoms with Gasteiger partial charge in [0.15, 0.2) is 0 Å². The first-order valence-electron chi connectivity index (χ1n) is 15.3. The lowest BCUT2D eigenvalue weighted by molar-refractivity contribution is -0.146. The Bertz CT molecular complexity index is 1480. The molecule has 2 atom stereocenters. The van der Waals surface area contributed by atoms with Gasteiger partial charge in [0.05, 0.1) is 6.61 Å². The lowest BCUT2D eigenvalue weighted by atomic mass is 9.98. The zero-order valence-corrected chi connectivity index (χ0v) is 27.0. The molecule has 0 aliphatic heterocycles. The number of fused-ring (bicyclic) bond motifs is 1. The van der Waals surface area contributed by atoms with Gasteiger partial charge in [-0.3, -0.25) is 19.2 Å². The Morgan fingerprint density at radius 1 is 0.867 bits per heavy atom. The number of likely N-dealkylation sites (N-methyl/N-ethyl adjacent to an activating group) is 2. The normalized spacial score (nSPS) is 12.8. The molecule has 0 aliphatic carbocycles. The summed E-state index contributed by atoms with van der Waals surface area (Å²) in [6.45, 7) is 5.55. The first-order valence-corrected chi connectivity index (χ1v) is 15.3. The quantitative estimate of drug-likeness (QED) is 0.151. The highest BCUT2D eigenvalue weighted by atomic mass is 16.5. The minimum Gasteiger partial charge on any atom is -0.466 e. The predicted octanol–water partition coefficient (Wildman–Crippen LogP) is 4.03. The predicted molar refractivity (Wildman–Crippen MR) is 177 cm³/mol. The molecule has 1 unspecified atom stereocenters.